The number of thiophene rings is 1. The van der Waals surface area contributed by atoms with Crippen molar-refractivity contribution in [2.75, 3.05) is 0 Å². The summed E-state index contributed by atoms with van der Waals surface area (Å²) in [6, 6.07) is 5.88. The number of fused-ring (bicyclic) bond motifs is 1. The molecular formula is C13H11Cl2N3S. The summed E-state index contributed by atoms with van der Waals surface area (Å²) < 4.78 is 2.84. The largest absolute Gasteiger partial charge is 0.306 e. The lowest BCUT2D eigenvalue weighted by molar-refractivity contribution is 0.780. The van der Waals surface area contributed by atoms with Crippen LogP contribution in [0.5, 0.6) is 0 Å². The molecule has 0 aliphatic rings. The molecule has 0 aliphatic heterocycles. The van der Waals surface area contributed by atoms with Crippen LogP contribution in [0, 0.1) is 6.92 Å². The van der Waals surface area contributed by atoms with Crippen molar-refractivity contribution in [2.24, 2.45) is 0 Å². The van der Waals surface area contributed by atoms with Gasteiger partial charge in [0.2, 0.25) is 0 Å². The molecule has 3 aromatic rings. The third kappa shape index (κ3) is 2.36. The van der Waals surface area contributed by atoms with Gasteiger partial charge < -0.3 is 4.57 Å². The Labute approximate surface area is 124 Å². The van der Waals surface area contributed by atoms with Crippen LogP contribution < -0.4 is 0 Å². The molecule has 0 fully saturated rings. The Morgan fingerprint density at radius 3 is 2.84 bits per heavy atom. The minimum absolute atomic E-state index is 0.370. The standard InChI is InChI=1S/C13H11Cl2N3S/c1-8-4-5-16-13-12(8)17-11(6-14)18(13)7-9-2-3-10(15)19-9/h2-5H,6-7H2,1H3. The number of imidazole rings is 1. The van der Waals surface area contributed by atoms with Crippen molar-refractivity contribution < 1.29 is 0 Å². The maximum atomic E-state index is 5.99. The lowest BCUT2D eigenvalue weighted by Gasteiger charge is -2.05. The predicted molar refractivity (Wildman–Crippen MR) is 80.3 cm³/mol. The smallest absolute Gasteiger partial charge is 0.160 e. The highest BCUT2D eigenvalue weighted by atomic mass is 35.5. The number of pyridine rings is 1. The van der Waals surface area contributed by atoms with Gasteiger partial charge in [-0.2, -0.15) is 0 Å². The molecule has 0 bridgehead atoms. The van der Waals surface area contributed by atoms with Crippen LogP contribution in [0.25, 0.3) is 11.2 Å². The normalized spacial score (nSPS) is 11.3. The molecule has 0 spiro atoms. The molecule has 0 aliphatic carbocycles. The van der Waals surface area contributed by atoms with E-state index >= 15 is 0 Å². The van der Waals surface area contributed by atoms with Gasteiger partial charge in [-0.05, 0) is 30.7 Å². The zero-order valence-corrected chi connectivity index (χ0v) is 12.6. The molecule has 0 saturated heterocycles. The Kier molecular flexibility index (Phi) is 3.48. The van der Waals surface area contributed by atoms with Gasteiger partial charge in [0.15, 0.2) is 5.65 Å². The second kappa shape index (κ2) is 5.12. The number of alkyl halides is 1. The highest BCUT2D eigenvalue weighted by Crippen LogP contribution is 2.25. The summed E-state index contributed by atoms with van der Waals surface area (Å²) in [7, 11) is 0. The van der Waals surface area contributed by atoms with E-state index in [0.717, 1.165) is 26.9 Å². The number of halogens is 2. The van der Waals surface area contributed by atoms with Crippen molar-refractivity contribution in [3.8, 4) is 0 Å². The fourth-order valence-corrected chi connectivity index (χ4v) is 3.32. The number of rotatable bonds is 3. The maximum Gasteiger partial charge on any atom is 0.160 e. The summed E-state index contributed by atoms with van der Waals surface area (Å²) in [5.41, 5.74) is 2.90. The van der Waals surface area contributed by atoms with E-state index in [0.29, 0.717) is 12.4 Å². The van der Waals surface area contributed by atoms with Crippen LogP contribution in [0.3, 0.4) is 0 Å². The van der Waals surface area contributed by atoms with E-state index in [4.69, 9.17) is 23.2 Å². The number of aryl methyl sites for hydroxylation is 1. The molecule has 0 atom stereocenters. The van der Waals surface area contributed by atoms with Crippen molar-refractivity contribution in [1.82, 2.24) is 14.5 Å². The van der Waals surface area contributed by atoms with Crippen LogP contribution in [-0.2, 0) is 12.4 Å². The average Bonchev–Trinajstić information content (AvgIpc) is 2.96. The maximum absolute atomic E-state index is 5.99. The molecule has 0 unspecified atom stereocenters. The quantitative estimate of drug-likeness (QED) is 0.677. The summed E-state index contributed by atoms with van der Waals surface area (Å²) in [4.78, 5) is 10.2. The summed E-state index contributed by atoms with van der Waals surface area (Å²) in [6.45, 7) is 2.73. The minimum atomic E-state index is 0.370. The fourth-order valence-electron chi connectivity index (χ4n) is 2.04. The molecular weight excluding hydrogens is 301 g/mol. The first kappa shape index (κ1) is 12.9. The van der Waals surface area contributed by atoms with E-state index < -0.39 is 0 Å². The van der Waals surface area contributed by atoms with Gasteiger partial charge in [-0.3, -0.25) is 0 Å². The fraction of sp³-hybridized carbons (Fsp3) is 0.231. The van der Waals surface area contributed by atoms with Gasteiger partial charge in [0.1, 0.15) is 11.3 Å². The van der Waals surface area contributed by atoms with Crippen LogP contribution >= 0.6 is 34.5 Å². The Bertz CT molecular complexity index is 733. The SMILES string of the molecule is Cc1ccnc2c1nc(CCl)n2Cc1ccc(Cl)s1. The van der Waals surface area contributed by atoms with Crippen molar-refractivity contribution >= 4 is 45.7 Å². The molecule has 3 heterocycles. The summed E-state index contributed by atoms with van der Waals surface area (Å²) >= 11 is 13.5. The van der Waals surface area contributed by atoms with Gasteiger partial charge in [-0.25, -0.2) is 9.97 Å². The van der Waals surface area contributed by atoms with Crippen molar-refractivity contribution in [1.29, 1.82) is 0 Å². The second-order valence-electron chi connectivity index (χ2n) is 4.25. The van der Waals surface area contributed by atoms with Crippen LogP contribution in [0.4, 0.5) is 0 Å². The summed E-state index contributed by atoms with van der Waals surface area (Å²) in [5.74, 6) is 1.21. The first-order chi connectivity index (χ1) is 9.19. The predicted octanol–water partition coefficient (Wildman–Crippen LogP) is 4.24. The van der Waals surface area contributed by atoms with Gasteiger partial charge in [0, 0.05) is 11.1 Å². The lowest BCUT2D eigenvalue weighted by atomic mass is 10.3. The topological polar surface area (TPSA) is 30.7 Å². The van der Waals surface area contributed by atoms with Gasteiger partial charge in [0.05, 0.1) is 16.8 Å². The van der Waals surface area contributed by atoms with Crippen LogP contribution in [0.1, 0.15) is 16.3 Å². The van der Waals surface area contributed by atoms with Gasteiger partial charge in [-0.15, -0.1) is 22.9 Å². The lowest BCUT2D eigenvalue weighted by Crippen LogP contribution is -2.03. The molecule has 6 heteroatoms. The zero-order valence-electron chi connectivity index (χ0n) is 10.2. The van der Waals surface area contributed by atoms with Gasteiger partial charge >= 0.3 is 0 Å². The number of hydrogen-bond donors (Lipinski definition) is 0. The Morgan fingerprint density at radius 1 is 1.32 bits per heavy atom. The monoisotopic (exact) mass is 311 g/mol. The molecule has 19 heavy (non-hydrogen) atoms. The molecule has 3 nitrogen and oxygen atoms in total. The molecule has 3 aromatic heterocycles. The number of nitrogens with zero attached hydrogens (tertiary/aromatic N) is 3. The number of hydrogen-bond acceptors (Lipinski definition) is 3. The molecule has 3 rings (SSSR count). The van der Waals surface area contributed by atoms with E-state index in [2.05, 4.69) is 14.5 Å². The third-order valence-corrected chi connectivity index (χ3v) is 4.43. The molecule has 0 radical (unpaired) electrons. The summed E-state index contributed by atoms with van der Waals surface area (Å²) in [6.07, 6.45) is 1.80. The number of aromatic nitrogens is 3. The molecule has 98 valence electrons. The second-order valence-corrected chi connectivity index (χ2v) is 6.32. The minimum Gasteiger partial charge on any atom is -0.306 e. The van der Waals surface area contributed by atoms with Gasteiger partial charge in [0.25, 0.3) is 0 Å². The van der Waals surface area contributed by atoms with E-state index in [9.17, 15) is 0 Å². The van der Waals surface area contributed by atoms with Crippen molar-refractivity contribution in [3.63, 3.8) is 0 Å². The average molecular weight is 312 g/mol. The Balaban J connectivity index is 2.13. The van der Waals surface area contributed by atoms with Crippen LogP contribution in [0.2, 0.25) is 4.34 Å². The first-order valence-electron chi connectivity index (χ1n) is 5.80. The Morgan fingerprint density at radius 2 is 2.16 bits per heavy atom. The zero-order chi connectivity index (χ0) is 13.4. The molecule has 0 saturated carbocycles. The third-order valence-electron chi connectivity index (χ3n) is 2.98. The van der Waals surface area contributed by atoms with Crippen LogP contribution in [-0.4, -0.2) is 14.5 Å². The molecule has 0 N–H and O–H groups in total. The van der Waals surface area contributed by atoms with E-state index in [1.807, 2.05) is 25.1 Å². The van der Waals surface area contributed by atoms with E-state index in [1.165, 1.54) is 4.88 Å². The summed E-state index contributed by atoms with van der Waals surface area (Å²) in [5, 5.41) is 0. The van der Waals surface area contributed by atoms with Crippen molar-refractivity contribution in [3.05, 3.63) is 45.0 Å². The highest BCUT2D eigenvalue weighted by Gasteiger charge is 2.13. The first-order valence-corrected chi connectivity index (χ1v) is 7.53. The van der Waals surface area contributed by atoms with Crippen LogP contribution in [0.15, 0.2) is 24.4 Å². The van der Waals surface area contributed by atoms with Crippen molar-refractivity contribution in [2.45, 2.75) is 19.3 Å². The molecule has 0 amide bonds. The van der Waals surface area contributed by atoms with E-state index in [-0.39, 0.29) is 0 Å². The van der Waals surface area contributed by atoms with E-state index in [1.54, 1.807) is 17.5 Å². The molecule has 0 aromatic carbocycles. The highest BCUT2D eigenvalue weighted by molar-refractivity contribution is 7.16. The Hall–Kier alpha value is -1.10. The van der Waals surface area contributed by atoms with Gasteiger partial charge in [-0.1, -0.05) is 11.6 Å².